The van der Waals surface area contributed by atoms with Crippen molar-refractivity contribution in [2.75, 3.05) is 5.73 Å². The number of H-pyrrole nitrogens is 1. The van der Waals surface area contributed by atoms with Gasteiger partial charge in [-0.1, -0.05) is 18.7 Å². The Morgan fingerprint density at radius 1 is 1.64 bits per heavy atom. The molecule has 0 aliphatic heterocycles. The van der Waals surface area contributed by atoms with Crippen LogP contribution in [0.25, 0.3) is 0 Å². The molecule has 14 heavy (non-hydrogen) atoms. The number of nitrogens with one attached hydrogen (secondary N) is 1. The first-order chi connectivity index (χ1) is 6.79. The molecule has 7 heteroatoms. The molecule has 0 radical (unpaired) electrons. The van der Waals surface area contributed by atoms with Crippen LogP contribution in [0.1, 0.15) is 12.7 Å². The van der Waals surface area contributed by atoms with Crippen LogP contribution in [0.4, 0.5) is 5.82 Å². The molecule has 0 aromatic carbocycles. The summed E-state index contributed by atoms with van der Waals surface area (Å²) in [7, 11) is 0. The fraction of sp³-hybridized carbons (Fsp3) is 0.286. The van der Waals surface area contributed by atoms with Gasteiger partial charge in [0.2, 0.25) is 0 Å². The van der Waals surface area contributed by atoms with E-state index in [0.29, 0.717) is 5.82 Å². The van der Waals surface area contributed by atoms with Gasteiger partial charge < -0.3 is 5.73 Å². The zero-order valence-electron chi connectivity index (χ0n) is 7.52. The maximum Gasteiger partial charge on any atom is 0.175 e. The van der Waals surface area contributed by atoms with Crippen LogP contribution < -0.4 is 5.73 Å². The molecule has 74 valence electrons. The molecule has 0 aliphatic carbocycles. The van der Waals surface area contributed by atoms with E-state index in [1.54, 1.807) is 6.20 Å². The number of hydrogen-bond acceptors (Lipinski definition) is 6. The van der Waals surface area contributed by atoms with Gasteiger partial charge in [0, 0.05) is 6.42 Å². The summed E-state index contributed by atoms with van der Waals surface area (Å²) in [4.78, 5) is 5.21. The Morgan fingerprint density at radius 3 is 3.07 bits per heavy atom. The molecule has 2 heterocycles. The van der Waals surface area contributed by atoms with E-state index in [9.17, 15) is 0 Å². The van der Waals surface area contributed by atoms with Gasteiger partial charge in [-0.15, -0.1) is 0 Å². The number of aryl methyl sites for hydroxylation is 1. The predicted molar refractivity (Wildman–Crippen MR) is 56.4 cm³/mol. The van der Waals surface area contributed by atoms with Gasteiger partial charge in [-0.2, -0.15) is 9.47 Å². The van der Waals surface area contributed by atoms with E-state index in [4.69, 9.17) is 5.73 Å². The van der Waals surface area contributed by atoms with Gasteiger partial charge in [-0.25, -0.2) is 4.98 Å². The average molecular weight is 227 g/mol. The van der Waals surface area contributed by atoms with Crippen LogP contribution in [0.2, 0.25) is 0 Å². The zero-order valence-corrected chi connectivity index (χ0v) is 9.15. The summed E-state index contributed by atoms with van der Waals surface area (Å²) in [6.45, 7) is 2.03. The summed E-state index contributed by atoms with van der Waals surface area (Å²) in [6.07, 6.45) is 2.55. The fourth-order valence-corrected chi connectivity index (χ4v) is 2.51. The smallest absolute Gasteiger partial charge is 0.175 e. The topological polar surface area (TPSA) is 80.5 Å². The van der Waals surface area contributed by atoms with E-state index < -0.39 is 0 Å². The van der Waals surface area contributed by atoms with Gasteiger partial charge in [-0.05, 0) is 11.5 Å². The Hall–Kier alpha value is -1.08. The highest BCUT2D eigenvalue weighted by Gasteiger charge is 2.08. The molecule has 5 nitrogen and oxygen atoms in total. The van der Waals surface area contributed by atoms with Gasteiger partial charge in [-0.3, -0.25) is 5.10 Å². The molecule has 0 atom stereocenters. The van der Waals surface area contributed by atoms with Crippen LogP contribution in [0.15, 0.2) is 15.4 Å². The average Bonchev–Trinajstić information content (AvgIpc) is 2.77. The van der Waals surface area contributed by atoms with Gasteiger partial charge in [0.1, 0.15) is 11.6 Å². The van der Waals surface area contributed by atoms with Crippen LogP contribution in [-0.4, -0.2) is 19.6 Å². The molecular formula is C7H9N5S2. The lowest BCUT2D eigenvalue weighted by Crippen LogP contribution is -1.86. The molecule has 0 amide bonds. The third kappa shape index (κ3) is 1.88. The Bertz CT molecular complexity index is 421. The van der Waals surface area contributed by atoms with Gasteiger partial charge in [0.05, 0.1) is 11.1 Å². The Labute approximate surface area is 89.3 Å². The standard InChI is InChI=1S/C7H9N5S2/c1-2-5-10-7(14-12-5)13-4-3-9-11-6(4)8/h3H,2H2,1H3,(H3,8,9,11). The lowest BCUT2D eigenvalue weighted by Gasteiger charge is -1.91. The highest BCUT2D eigenvalue weighted by molar-refractivity contribution is 8.01. The first-order valence-corrected chi connectivity index (χ1v) is 5.68. The molecular weight excluding hydrogens is 218 g/mol. The number of nitrogens with zero attached hydrogens (tertiary/aromatic N) is 3. The number of rotatable bonds is 3. The third-order valence-corrected chi connectivity index (χ3v) is 3.43. The van der Waals surface area contributed by atoms with Crippen molar-refractivity contribution < 1.29 is 0 Å². The van der Waals surface area contributed by atoms with Crippen LogP contribution in [0.3, 0.4) is 0 Å². The molecule has 2 rings (SSSR count). The fourth-order valence-electron chi connectivity index (χ4n) is 0.883. The van der Waals surface area contributed by atoms with E-state index in [2.05, 4.69) is 19.6 Å². The molecule has 0 spiro atoms. The molecule has 0 fully saturated rings. The SMILES string of the molecule is CCc1nsc(Sc2cn[nH]c2N)n1. The minimum absolute atomic E-state index is 0.572. The van der Waals surface area contributed by atoms with Crippen LogP contribution in [0.5, 0.6) is 0 Å². The van der Waals surface area contributed by atoms with Crippen molar-refractivity contribution in [2.24, 2.45) is 0 Å². The zero-order chi connectivity index (χ0) is 9.97. The quantitative estimate of drug-likeness (QED) is 0.831. The van der Waals surface area contributed by atoms with Crippen molar-refractivity contribution in [3.8, 4) is 0 Å². The normalized spacial score (nSPS) is 10.6. The summed E-state index contributed by atoms with van der Waals surface area (Å²) in [5.41, 5.74) is 5.65. The summed E-state index contributed by atoms with van der Waals surface area (Å²) in [6, 6.07) is 0. The Balaban J connectivity index is 2.15. The van der Waals surface area contributed by atoms with Gasteiger partial charge in [0.25, 0.3) is 0 Å². The van der Waals surface area contributed by atoms with Crippen molar-refractivity contribution in [3.05, 3.63) is 12.0 Å². The first kappa shape index (κ1) is 9.47. The molecule has 2 aromatic heterocycles. The molecule has 0 aliphatic rings. The summed E-state index contributed by atoms with van der Waals surface area (Å²) in [5.74, 6) is 1.45. The second kappa shape index (κ2) is 3.97. The minimum Gasteiger partial charge on any atom is -0.383 e. The van der Waals surface area contributed by atoms with Crippen molar-refractivity contribution in [2.45, 2.75) is 22.6 Å². The highest BCUT2D eigenvalue weighted by Crippen LogP contribution is 2.31. The summed E-state index contributed by atoms with van der Waals surface area (Å²) >= 11 is 2.87. The number of hydrogen-bond donors (Lipinski definition) is 2. The molecule has 0 unspecified atom stereocenters. The van der Waals surface area contributed by atoms with Crippen molar-refractivity contribution in [1.82, 2.24) is 19.6 Å². The van der Waals surface area contributed by atoms with Crippen molar-refractivity contribution >= 4 is 29.1 Å². The predicted octanol–water partition coefficient (Wildman–Crippen LogP) is 1.56. The van der Waals surface area contributed by atoms with Crippen molar-refractivity contribution in [1.29, 1.82) is 0 Å². The highest BCUT2D eigenvalue weighted by atomic mass is 32.2. The second-order valence-electron chi connectivity index (χ2n) is 2.58. The number of aromatic amines is 1. The Morgan fingerprint density at radius 2 is 2.50 bits per heavy atom. The van der Waals surface area contributed by atoms with Crippen LogP contribution >= 0.6 is 23.3 Å². The number of nitrogens with two attached hydrogens (primary N) is 1. The largest absolute Gasteiger partial charge is 0.383 e. The number of nitrogen functional groups attached to an aromatic ring is 1. The third-order valence-electron chi connectivity index (χ3n) is 1.60. The summed E-state index contributed by atoms with van der Waals surface area (Å²) < 4.78 is 5.08. The van der Waals surface area contributed by atoms with E-state index >= 15 is 0 Å². The van der Waals surface area contributed by atoms with E-state index in [1.807, 2.05) is 6.92 Å². The summed E-state index contributed by atoms with van der Waals surface area (Å²) in [5, 5.41) is 6.50. The Kier molecular flexibility index (Phi) is 2.69. The lowest BCUT2D eigenvalue weighted by molar-refractivity contribution is 0.972. The number of anilines is 1. The monoisotopic (exact) mass is 227 g/mol. The molecule has 3 N–H and O–H groups in total. The molecule has 2 aromatic rings. The second-order valence-corrected chi connectivity index (χ2v) is 4.62. The lowest BCUT2D eigenvalue weighted by atomic mass is 10.5. The maximum atomic E-state index is 5.65. The van der Waals surface area contributed by atoms with Crippen LogP contribution in [0, 0.1) is 0 Å². The van der Waals surface area contributed by atoms with Gasteiger partial charge in [0.15, 0.2) is 4.34 Å². The van der Waals surface area contributed by atoms with E-state index in [1.165, 1.54) is 23.3 Å². The minimum atomic E-state index is 0.572. The van der Waals surface area contributed by atoms with E-state index in [0.717, 1.165) is 21.5 Å². The van der Waals surface area contributed by atoms with Crippen molar-refractivity contribution in [3.63, 3.8) is 0 Å². The van der Waals surface area contributed by atoms with E-state index in [-0.39, 0.29) is 0 Å². The number of aromatic nitrogens is 4. The first-order valence-electron chi connectivity index (χ1n) is 4.09. The van der Waals surface area contributed by atoms with Gasteiger partial charge >= 0.3 is 0 Å². The maximum absolute atomic E-state index is 5.65. The molecule has 0 bridgehead atoms. The van der Waals surface area contributed by atoms with Crippen LogP contribution in [-0.2, 0) is 6.42 Å². The molecule has 0 saturated carbocycles. The molecule has 0 saturated heterocycles.